The standard InChI is InChI=1S/C43H40Cl4N4O10/c1-42(22-52,40(55)56)50-17-28-10-32(44)36(12-34(28)54)60-20-26-5-3-7-30(38(26)46)31-8-4-6-27(39(31)47)21-61-37-13-35(59-19-25-9-24(14-48)15-49-16-25)29(11-33(37)45)18-51-43(2,23-53)41(57)58/h3-13,15-16,50-54H,17-23H2,1-2H3,(H,55,56)(H,57,58)/t42?,43-/m0/s1. The van der Waals surface area contributed by atoms with E-state index in [1.165, 1.54) is 32.2 Å². The van der Waals surface area contributed by atoms with Crippen LogP contribution in [-0.4, -0.2) is 66.7 Å². The number of aliphatic carboxylic acids is 2. The van der Waals surface area contributed by atoms with E-state index in [0.29, 0.717) is 54.6 Å². The molecule has 0 spiro atoms. The van der Waals surface area contributed by atoms with E-state index in [1.54, 1.807) is 60.8 Å². The van der Waals surface area contributed by atoms with E-state index in [1.807, 2.05) is 6.07 Å². The fraction of sp³-hybridized carbons (Fsp3) is 0.256. The van der Waals surface area contributed by atoms with E-state index in [9.17, 15) is 40.4 Å². The van der Waals surface area contributed by atoms with Gasteiger partial charge in [-0.05, 0) is 32.0 Å². The number of nitrogens with one attached hydrogen (secondary N) is 2. The SMILES string of the molecule is CC(CO)(NCc1cc(Cl)c(OCc2cccc(-c3cccc(COc4cc(OCc5cncc(C#N)c5)c(CN[C@@](C)(CO)C(=O)O)cc4Cl)c3Cl)c2Cl)cc1O)C(=O)O. The third kappa shape index (κ3) is 11.3. The number of carboxylic acids is 2. The fourth-order valence-corrected chi connectivity index (χ4v) is 6.72. The zero-order valence-electron chi connectivity index (χ0n) is 32.6. The Morgan fingerprint density at radius 1 is 0.689 bits per heavy atom. The Labute approximate surface area is 370 Å². The molecule has 320 valence electrons. The molecule has 1 heterocycles. The predicted octanol–water partition coefficient (Wildman–Crippen LogP) is 7.53. The molecule has 14 nitrogen and oxygen atoms in total. The lowest BCUT2D eigenvalue weighted by Gasteiger charge is -2.25. The summed E-state index contributed by atoms with van der Waals surface area (Å²) < 4.78 is 18.2. The van der Waals surface area contributed by atoms with Crippen molar-refractivity contribution >= 4 is 58.3 Å². The zero-order valence-corrected chi connectivity index (χ0v) is 35.7. The first-order valence-electron chi connectivity index (χ1n) is 18.3. The van der Waals surface area contributed by atoms with Gasteiger partial charge in [0.25, 0.3) is 0 Å². The Kier molecular flexibility index (Phi) is 15.7. The molecule has 7 N–H and O–H groups in total. The number of pyridine rings is 1. The number of carboxylic acid groups (broad SMARTS) is 2. The summed E-state index contributed by atoms with van der Waals surface area (Å²) in [4.78, 5) is 27.4. The number of aromatic hydroxyl groups is 1. The van der Waals surface area contributed by atoms with Gasteiger partial charge in [0, 0.05) is 76.6 Å². The lowest BCUT2D eigenvalue weighted by Crippen LogP contribution is -2.52. The average Bonchev–Trinajstić information content (AvgIpc) is 3.25. The van der Waals surface area contributed by atoms with Crippen LogP contribution in [0.3, 0.4) is 0 Å². The van der Waals surface area contributed by atoms with Gasteiger partial charge in [0.05, 0.1) is 38.9 Å². The van der Waals surface area contributed by atoms with Gasteiger partial charge in [-0.15, -0.1) is 0 Å². The van der Waals surface area contributed by atoms with Crippen molar-refractivity contribution in [3.05, 3.63) is 133 Å². The monoisotopic (exact) mass is 912 g/mol. The van der Waals surface area contributed by atoms with Crippen LogP contribution in [0.4, 0.5) is 0 Å². The summed E-state index contributed by atoms with van der Waals surface area (Å²) in [5.41, 5.74) is 0.762. The minimum Gasteiger partial charge on any atom is -0.507 e. The molecule has 0 fully saturated rings. The van der Waals surface area contributed by atoms with Crippen molar-refractivity contribution in [2.24, 2.45) is 0 Å². The van der Waals surface area contributed by atoms with Crippen LogP contribution in [0.5, 0.6) is 23.0 Å². The van der Waals surface area contributed by atoms with Gasteiger partial charge >= 0.3 is 11.9 Å². The number of aliphatic hydroxyl groups excluding tert-OH is 2. The number of aliphatic hydroxyl groups is 2. The van der Waals surface area contributed by atoms with E-state index >= 15 is 0 Å². The van der Waals surface area contributed by atoms with Gasteiger partial charge in [-0.25, -0.2) is 0 Å². The lowest BCUT2D eigenvalue weighted by molar-refractivity contribution is -0.146. The average molecular weight is 915 g/mol. The summed E-state index contributed by atoms with van der Waals surface area (Å²) in [5.74, 6) is -2.06. The molecule has 4 aromatic carbocycles. The molecule has 0 aliphatic rings. The number of nitriles is 1. The molecule has 0 aliphatic carbocycles. The van der Waals surface area contributed by atoms with E-state index in [4.69, 9.17) is 60.6 Å². The van der Waals surface area contributed by atoms with Crippen molar-refractivity contribution < 1.29 is 49.3 Å². The quantitative estimate of drug-likeness (QED) is 0.0401. The van der Waals surface area contributed by atoms with Crippen molar-refractivity contribution in [2.75, 3.05) is 13.2 Å². The van der Waals surface area contributed by atoms with Crippen molar-refractivity contribution in [3.8, 4) is 40.2 Å². The Bertz CT molecular complexity index is 2470. The van der Waals surface area contributed by atoms with Crippen molar-refractivity contribution in [3.63, 3.8) is 0 Å². The molecule has 5 rings (SSSR count). The number of benzene rings is 4. The molecule has 0 radical (unpaired) electrons. The van der Waals surface area contributed by atoms with Crippen molar-refractivity contribution in [1.29, 1.82) is 5.26 Å². The molecule has 18 heteroatoms. The molecule has 5 aromatic rings. The molecule has 0 bridgehead atoms. The van der Waals surface area contributed by atoms with E-state index < -0.39 is 36.2 Å². The van der Waals surface area contributed by atoms with Crippen LogP contribution in [0.15, 0.2) is 79.1 Å². The molecule has 0 saturated heterocycles. The van der Waals surface area contributed by atoms with Crippen molar-refractivity contribution in [1.82, 2.24) is 15.6 Å². The molecule has 61 heavy (non-hydrogen) atoms. The summed E-state index contributed by atoms with van der Waals surface area (Å²) in [5, 5.41) is 64.8. The Morgan fingerprint density at radius 3 is 1.69 bits per heavy atom. The van der Waals surface area contributed by atoms with Gasteiger partial charge < -0.3 is 39.7 Å². The highest BCUT2D eigenvalue weighted by molar-refractivity contribution is 6.37. The normalized spacial score (nSPS) is 13.1. The van der Waals surface area contributed by atoms with Crippen LogP contribution in [0.2, 0.25) is 20.1 Å². The minimum atomic E-state index is -1.65. The number of ether oxygens (including phenoxy) is 3. The van der Waals surface area contributed by atoms with Gasteiger partial charge in [0.15, 0.2) is 0 Å². The molecule has 2 atom stereocenters. The van der Waals surface area contributed by atoms with Gasteiger partial charge in [-0.1, -0.05) is 82.8 Å². The minimum absolute atomic E-state index is 0.00685. The van der Waals surface area contributed by atoms with Crippen molar-refractivity contribution in [2.45, 2.75) is 57.8 Å². The molecule has 1 unspecified atom stereocenters. The highest BCUT2D eigenvalue weighted by Gasteiger charge is 2.33. The maximum Gasteiger partial charge on any atom is 0.326 e. The van der Waals surface area contributed by atoms with Crippen LogP contribution < -0.4 is 24.8 Å². The van der Waals surface area contributed by atoms with Gasteiger partial charge in [0.2, 0.25) is 0 Å². The number of carbonyl (C=O) groups is 2. The Balaban J connectivity index is 1.33. The number of hydrogen-bond acceptors (Lipinski definition) is 12. The van der Waals surface area contributed by atoms with Crippen LogP contribution in [0.25, 0.3) is 11.1 Å². The first kappa shape index (κ1) is 46.7. The summed E-state index contributed by atoms with van der Waals surface area (Å²) in [6.07, 6.45) is 2.97. The second kappa shape index (κ2) is 20.5. The van der Waals surface area contributed by atoms with Crippen LogP contribution in [0, 0.1) is 11.3 Å². The molecular weight excluding hydrogens is 874 g/mol. The molecule has 0 saturated carbocycles. The smallest absolute Gasteiger partial charge is 0.326 e. The fourth-order valence-electron chi connectivity index (χ4n) is 5.67. The first-order chi connectivity index (χ1) is 29.0. The second-order valence-corrected chi connectivity index (χ2v) is 15.8. The summed E-state index contributed by atoms with van der Waals surface area (Å²) in [6.45, 7) is 1.08. The maximum absolute atomic E-state index is 11.8. The number of phenolic OH excluding ortho intramolecular Hbond substituents is 1. The Morgan fingerprint density at radius 2 is 1.18 bits per heavy atom. The summed E-state index contributed by atoms with van der Waals surface area (Å²) >= 11 is 27.0. The molecular formula is C43H40Cl4N4O10. The third-order valence-electron chi connectivity index (χ3n) is 9.69. The summed E-state index contributed by atoms with van der Waals surface area (Å²) in [6, 6.07) is 20.2. The number of phenols is 1. The topological polar surface area (TPSA) is 224 Å². The predicted molar refractivity (Wildman–Crippen MR) is 228 cm³/mol. The highest BCUT2D eigenvalue weighted by atomic mass is 35.5. The maximum atomic E-state index is 11.8. The van der Waals surface area contributed by atoms with Gasteiger partial charge in [-0.2, -0.15) is 5.26 Å². The Hall–Kier alpha value is -5.34. The van der Waals surface area contributed by atoms with Crippen LogP contribution in [-0.2, 0) is 42.5 Å². The largest absolute Gasteiger partial charge is 0.507 e. The first-order valence-corrected chi connectivity index (χ1v) is 19.8. The zero-order chi connectivity index (χ0) is 44.5. The number of hydrogen-bond donors (Lipinski definition) is 7. The number of halogens is 4. The molecule has 0 aliphatic heterocycles. The highest BCUT2D eigenvalue weighted by Crippen LogP contribution is 2.40. The van der Waals surface area contributed by atoms with E-state index in [-0.39, 0.29) is 66.0 Å². The van der Waals surface area contributed by atoms with Gasteiger partial charge in [0.1, 0.15) is 60.0 Å². The molecule has 0 amide bonds. The second-order valence-electron chi connectivity index (χ2n) is 14.2. The lowest BCUT2D eigenvalue weighted by atomic mass is 10.0. The van der Waals surface area contributed by atoms with Crippen LogP contribution >= 0.6 is 46.4 Å². The number of nitrogens with zero attached hydrogens (tertiary/aromatic N) is 2. The van der Waals surface area contributed by atoms with E-state index in [0.717, 1.165) is 0 Å². The third-order valence-corrected chi connectivity index (χ3v) is 11.2. The summed E-state index contributed by atoms with van der Waals surface area (Å²) in [7, 11) is 0. The number of aromatic nitrogens is 1. The number of rotatable bonds is 20. The van der Waals surface area contributed by atoms with Gasteiger partial charge in [-0.3, -0.25) is 25.2 Å². The van der Waals surface area contributed by atoms with E-state index in [2.05, 4.69) is 15.6 Å². The van der Waals surface area contributed by atoms with Crippen LogP contribution in [0.1, 0.15) is 47.2 Å². The molecule has 1 aromatic heterocycles.